The Hall–Kier alpha value is -1.20. The van der Waals surface area contributed by atoms with Crippen molar-refractivity contribution in [3.8, 4) is 0 Å². The van der Waals surface area contributed by atoms with E-state index in [-0.39, 0.29) is 16.7 Å². The highest BCUT2D eigenvalue weighted by Gasteiger charge is 2.67. The van der Waals surface area contributed by atoms with Gasteiger partial charge in [0.25, 0.3) is 0 Å². The lowest BCUT2D eigenvalue weighted by atomic mass is 9.44. The second-order valence-electron chi connectivity index (χ2n) is 12.4. The molecule has 0 amide bonds. The van der Waals surface area contributed by atoms with Crippen molar-refractivity contribution in [2.75, 3.05) is 6.61 Å². The number of ether oxygens (including phenoxy) is 1. The molecule has 2 unspecified atom stereocenters. The molecule has 1 aromatic heterocycles. The van der Waals surface area contributed by atoms with Gasteiger partial charge < -0.3 is 9.84 Å². The van der Waals surface area contributed by atoms with Crippen LogP contribution in [0, 0.1) is 47.3 Å². The molecule has 2 bridgehead atoms. The van der Waals surface area contributed by atoms with Crippen LogP contribution in [0.1, 0.15) is 70.8 Å². The summed E-state index contributed by atoms with van der Waals surface area (Å²) in [6, 6.07) is 0. The minimum absolute atomic E-state index is 0.128. The number of fused-ring (bicyclic) bond motifs is 3. The molecule has 1 aliphatic heterocycles. The van der Waals surface area contributed by atoms with Gasteiger partial charge >= 0.3 is 0 Å². The second-order valence-corrected chi connectivity index (χ2v) is 12.4. The molecule has 1 saturated heterocycles. The van der Waals surface area contributed by atoms with Crippen LogP contribution < -0.4 is 0 Å². The summed E-state index contributed by atoms with van der Waals surface area (Å²) in [7, 11) is 0. The van der Waals surface area contributed by atoms with Crippen molar-refractivity contribution in [3.05, 3.63) is 18.0 Å². The summed E-state index contributed by atoms with van der Waals surface area (Å²) in [6.07, 6.45) is 12.9. The Morgan fingerprint density at radius 1 is 1.19 bits per heavy atom. The number of carbonyl (C=O) groups excluding carboxylic acids is 1. The molecule has 5 heteroatoms. The average molecular weight is 427 g/mol. The first-order valence-electron chi connectivity index (χ1n) is 12.6. The zero-order valence-electron chi connectivity index (χ0n) is 19.3. The van der Waals surface area contributed by atoms with Crippen LogP contribution >= 0.6 is 0 Å². The van der Waals surface area contributed by atoms with Gasteiger partial charge in [0.1, 0.15) is 0 Å². The van der Waals surface area contributed by atoms with Crippen molar-refractivity contribution in [2.45, 2.75) is 90.4 Å². The Morgan fingerprint density at radius 2 is 2.03 bits per heavy atom. The van der Waals surface area contributed by atoms with Crippen molar-refractivity contribution in [2.24, 2.45) is 40.4 Å². The fraction of sp³-hybridized carbons (Fsp3) is 0.846. The third-order valence-corrected chi connectivity index (χ3v) is 10.7. The first kappa shape index (κ1) is 20.4. The normalized spacial score (nSPS) is 50.6. The Labute approximate surface area is 185 Å². The lowest BCUT2D eigenvalue weighted by molar-refractivity contribution is -0.145. The van der Waals surface area contributed by atoms with Gasteiger partial charge in [0.2, 0.25) is 0 Å². The molecule has 5 fully saturated rings. The highest BCUT2D eigenvalue weighted by atomic mass is 16.5. The Bertz CT molecular complexity index is 893. The summed E-state index contributed by atoms with van der Waals surface area (Å²) in [5.41, 5.74) is 1.00. The summed E-state index contributed by atoms with van der Waals surface area (Å²) in [4.78, 5) is 13.4. The van der Waals surface area contributed by atoms with Gasteiger partial charge in [-0.25, -0.2) is 0 Å². The Kier molecular flexibility index (Phi) is 4.39. The van der Waals surface area contributed by atoms with Crippen LogP contribution in [0.5, 0.6) is 0 Å². The number of carbonyl (C=O) groups is 1. The molecule has 0 radical (unpaired) electrons. The van der Waals surface area contributed by atoms with Gasteiger partial charge in [-0.05, 0) is 99.9 Å². The maximum atomic E-state index is 13.4. The van der Waals surface area contributed by atoms with Crippen LogP contribution in [0.3, 0.4) is 0 Å². The van der Waals surface area contributed by atoms with Crippen molar-refractivity contribution < 1.29 is 14.6 Å². The molecule has 170 valence electrons. The number of aliphatic hydroxyl groups is 1. The van der Waals surface area contributed by atoms with E-state index in [4.69, 9.17) is 4.74 Å². The highest BCUT2D eigenvalue weighted by molar-refractivity contribution is 5.82. The molecule has 1 aromatic rings. The minimum atomic E-state index is -0.522. The van der Waals surface area contributed by atoms with Gasteiger partial charge in [0.15, 0.2) is 5.78 Å². The number of ketones is 1. The number of hydrogen-bond acceptors (Lipinski definition) is 4. The minimum Gasteiger partial charge on any atom is -0.390 e. The molecular formula is C26H38N2O3. The van der Waals surface area contributed by atoms with Crippen molar-refractivity contribution in [1.29, 1.82) is 0 Å². The maximum Gasteiger partial charge on any atom is 0.157 e. The van der Waals surface area contributed by atoms with Crippen LogP contribution in [-0.2, 0) is 16.1 Å². The Balaban J connectivity index is 1.25. The van der Waals surface area contributed by atoms with Crippen molar-refractivity contribution in [1.82, 2.24) is 9.78 Å². The summed E-state index contributed by atoms with van der Waals surface area (Å²) in [5, 5.41) is 15.1. The third-order valence-electron chi connectivity index (χ3n) is 10.7. The molecule has 4 aliphatic carbocycles. The molecule has 2 heterocycles. The van der Waals surface area contributed by atoms with E-state index in [1.54, 1.807) is 0 Å². The van der Waals surface area contributed by atoms with Crippen molar-refractivity contribution >= 4 is 5.78 Å². The van der Waals surface area contributed by atoms with Gasteiger partial charge in [0, 0.05) is 17.5 Å². The van der Waals surface area contributed by atoms with Crippen LogP contribution in [0.25, 0.3) is 0 Å². The van der Waals surface area contributed by atoms with Gasteiger partial charge in [-0.2, -0.15) is 5.10 Å². The van der Waals surface area contributed by atoms with Gasteiger partial charge in [0.05, 0.1) is 31.1 Å². The highest BCUT2D eigenvalue weighted by Crippen LogP contribution is 2.70. The maximum absolute atomic E-state index is 13.4. The van der Waals surface area contributed by atoms with Crippen LogP contribution in [0.4, 0.5) is 0 Å². The quantitative estimate of drug-likeness (QED) is 0.788. The van der Waals surface area contributed by atoms with Crippen LogP contribution in [0.2, 0.25) is 0 Å². The number of hydrogen-bond donors (Lipinski definition) is 1. The predicted molar refractivity (Wildman–Crippen MR) is 117 cm³/mol. The zero-order valence-corrected chi connectivity index (χ0v) is 19.3. The van der Waals surface area contributed by atoms with E-state index in [9.17, 15) is 9.90 Å². The van der Waals surface area contributed by atoms with E-state index in [1.807, 2.05) is 30.9 Å². The molecule has 1 N–H and O–H groups in total. The summed E-state index contributed by atoms with van der Waals surface area (Å²) >= 11 is 0. The molecule has 31 heavy (non-hydrogen) atoms. The fourth-order valence-corrected chi connectivity index (χ4v) is 9.28. The van der Waals surface area contributed by atoms with Gasteiger partial charge in [-0.1, -0.05) is 6.92 Å². The third kappa shape index (κ3) is 2.88. The number of aryl methyl sites for hydroxylation is 1. The van der Waals surface area contributed by atoms with Crippen LogP contribution in [-0.4, -0.2) is 39.0 Å². The molecule has 4 saturated carbocycles. The molecular weight excluding hydrogens is 388 g/mol. The van der Waals surface area contributed by atoms with E-state index < -0.39 is 5.60 Å². The summed E-state index contributed by atoms with van der Waals surface area (Å²) < 4.78 is 8.27. The number of aromatic nitrogens is 2. The standard InChI is InChI=1S/C26H38N2O3/c1-16-12-27-28(13-16)14-22(29)20-5-4-18-17-10-23-21-11-24(2,30)8-9-26(21,15-31-23)19(17)6-7-25(18,20)3/h12-13,17-21,23,30H,4-11,14-15H2,1-3H3/t17-,18-,19?,20+,21?,23+,24+,25-,26-/m0/s1. The molecule has 5 aliphatic rings. The lowest BCUT2D eigenvalue weighted by Crippen LogP contribution is -2.58. The number of Topliss-reactive ketones (excluding diaryl/α,β-unsaturated/α-hetero) is 1. The topological polar surface area (TPSA) is 64.4 Å². The SMILES string of the molecule is Cc1cnn(CC(=O)[C@H]2CC[C@H]3[C@@H]4C[C@H]5OC[C@@]6(CC[C@@](C)(O)CC56)C4CC[C@]23C)c1. The molecule has 6 rings (SSSR count). The van der Waals surface area contributed by atoms with E-state index in [0.717, 1.165) is 44.3 Å². The Morgan fingerprint density at radius 3 is 2.81 bits per heavy atom. The summed E-state index contributed by atoms with van der Waals surface area (Å²) in [5.74, 6) is 3.13. The van der Waals surface area contributed by atoms with Crippen LogP contribution in [0.15, 0.2) is 12.4 Å². The zero-order chi connectivity index (χ0) is 21.6. The van der Waals surface area contributed by atoms with E-state index in [0.29, 0.717) is 42.1 Å². The largest absolute Gasteiger partial charge is 0.390 e. The average Bonchev–Trinajstić information content (AvgIpc) is 3.35. The van der Waals surface area contributed by atoms with Crippen molar-refractivity contribution in [3.63, 3.8) is 0 Å². The molecule has 5 nitrogen and oxygen atoms in total. The monoisotopic (exact) mass is 426 g/mol. The first-order valence-corrected chi connectivity index (χ1v) is 12.6. The number of nitrogens with zero attached hydrogens (tertiary/aromatic N) is 2. The summed E-state index contributed by atoms with van der Waals surface area (Å²) in [6.45, 7) is 7.80. The molecule has 9 atom stereocenters. The van der Waals surface area contributed by atoms with Gasteiger partial charge in [-0.15, -0.1) is 0 Å². The first-order chi connectivity index (χ1) is 14.7. The van der Waals surface area contributed by atoms with E-state index >= 15 is 0 Å². The fourth-order valence-electron chi connectivity index (χ4n) is 9.28. The lowest BCUT2D eigenvalue weighted by Gasteiger charge is -2.60. The molecule has 0 aromatic carbocycles. The van der Waals surface area contributed by atoms with E-state index in [1.165, 1.54) is 19.3 Å². The predicted octanol–water partition coefficient (Wildman–Crippen LogP) is 4.16. The second kappa shape index (κ2) is 6.66. The van der Waals surface area contributed by atoms with E-state index in [2.05, 4.69) is 12.0 Å². The number of rotatable bonds is 3. The smallest absolute Gasteiger partial charge is 0.157 e. The van der Waals surface area contributed by atoms with Gasteiger partial charge in [-0.3, -0.25) is 9.48 Å². The molecule has 0 spiro atoms.